The fraction of sp³-hybridized carbons (Fsp3) is 0.500. The normalized spacial score (nSPS) is 11.0. The first-order chi connectivity index (χ1) is 12.7. The van der Waals surface area contributed by atoms with Gasteiger partial charge in [0.2, 0.25) is 0 Å². The molecule has 1 heterocycles. The van der Waals surface area contributed by atoms with Gasteiger partial charge in [0.25, 0.3) is 0 Å². The van der Waals surface area contributed by atoms with Crippen LogP contribution in [0.15, 0.2) is 40.7 Å². The molecule has 0 saturated heterocycles. The van der Waals surface area contributed by atoms with Crippen LogP contribution < -0.4 is 15.5 Å². The fourth-order valence-electron chi connectivity index (χ4n) is 2.77. The van der Waals surface area contributed by atoms with E-state index in [4.69, 9.17) is 0 Å². The molecule has 0 amide bonds. The number of nitrogens with one attached hydrogen (secondary N) is 2. The topological polar surface area (TPSA) is 52.5 Å². The Kier molecular flexibility index (Phi) is 12.1. The maximum absolute atomic E-state index is 4.50. The SMILES string of the molecule is CCN(CCCNC(=NC)NCCCc1nc(C)cs1)c1ccccc1.I. The Morgan fingerprint density at radius 1 is 1.15 bits per heavy atom. The van der Waals surface area contributed by atoms with Crippen LogP contribution in [-0.4, -0.2) is 44.2 Å². The number of halogens is 1. The number of aliphatic imine (C=N–C) groups is 1. The van der Waals surface area contributed by atoms with Crippen molar-refractivity contribution < 1.29 is 0 Å². The van der Waals surface area contributed by atoms with Gasteiger partial charge in [0.15, 0.2) is 5.96 Å². The maximum Gasteiger partial charge on any atom is 0.190 e. The summed E-state index contributed by atoms with van der Waals surface area (Å²) >= 11 is 1.74. The predicted octanol–water partition coefficient (Wildman–Crippen LogP) is 4.08. The number of aromatic nitrogens is 1. The Morgan fingerprint density at radius 3 is 2.44 bits per heavy atom. The monoisotopic (exact) mass is 501 g/mol. The molecule has 0 aliphatic rings. The Bertz CT molecular complexity index is 659. The molecule has 0 atom stereocenters. The number of hydrogen-bond donors (Lipinski definition) is 2. The summed E-state index contributed by atoms with van der Waals surface area (Å²) in [5, 5.41) is 10.1. The Labute approximate surface area is 184 Å². The highest BCUT2D eigenvalue weighted by Crippen LogP contribution is 2.12. The fourth-order valence-corrected chi connectivity index (χ4v) is 3.59. The van der Waals surface area contributed by atoms with Crippen LogP contribution in [0, 0.1) is 6.92 Å². The lowest BCUT2D eigenvalue weighted by molar-refractivity contribution is 0.698. The zero-order valence-electron chi connectivity index (χ0n) is 16.6. The van der Waals surface area contributed by atoms with Gasteiger partial charge in [-0.15, -0.1) is 35.3 Å². The minimum Gasteiger partial charge on any atom is -0.372 e. The number of anilines is 1. The summed E-state index contributed by atoms with van der Waals surface area (Å²) in [6.07, 6.45) is 3.15. The zero-order valence-corrected chi connectivity index (χ0v) is 19.7. The van der Waals surface area contributed by atoms with Gasteiger partial charge in [-0.25, -0.2) is 4.98 Å². The lowest BCUT2D eigenvalue weighted by Crippen LogP contribution is -2.39. The predicted molar refractivity (Wildman–Crippen MR) is 129 cm³/mol. The third kappa shape index (κ3) is 8.92. The number of thiazole rings is 1. The largest absolute Gasteiger partial charge is 0.372 e. The van der Waals surface area contributed by atoms with E-state index in [1.807, 2.05) is 14.0 Å². The Balaban J connectivity index is 0.00000364. The molecule has 0 unspecified atom stereocenters. The second kappa shape index (κ2) is 13.8. The first kappa shape index (κ1) is 23.7. The van der Waals surface area contributed by atoms with Gasteiger partial charge in [-0.2, -0.15) is 0 Å². The third-order valence-electron chi connectivity index (χ3n) is 4.15. The summed E-state index contributed by atoms with van der Waals surface area (Å²) in [5.74, 6) is 0.878. The van der Waals surface area contributed by atoms with Crippen LogP contribution in [-0.2, 0) is 6.42 Å². The summed E-state index contributed by atoms with van der Waals surface area (Å²) in [6.45, 7) is 8.12. The van der Waals surface area contributed by atoms with Crippen molar-refractivity contribution >= 4 is 47.0 Å². The zero-order chi connectivity index (χ0) is 18.6. The first-order valence-corrected chi connectivity index (χ1v) is 10.3. The van der Waals surface area contributed by atoms with E-state index in [-0.39, 0.29) is 24.0 Å². The smallest absolute Gasteiger partial charge is 0.190 e. The highest BCUT2D eigenvalue weighted by molar-refractivity contribution is 14.0. The highest BCUT2D eigenvalue weighted by atomic mass is 127. The molecule has 1 aromatic carbocycles. The van der Waals surface area contributed by atoms with Gasteiger partial charge in [-0.3, -0.25) is 4.99 Å². The molecule has 7 heteroatoms. The standard InChI is InChI=1S/C20H31N5S.HI/c1-4-25(18-10-6-5-7-11-18)15-9-14-23-20(21-3)22-13-8-12-19-24-17(2)16-26-19;/h5-7,10-11,16H,4,8-9,12-15H2,1-3H3,(H2,21,22,23);1H. The average molecular weight is 501 g/mol. The van der Waals surface area contributed by atoms with Crippen molar-refractivity contribution in [2.45, 2.75) is 33.1 Å². The van der Waals surface area contributed by atoms with Crippen LogP contribution >= 0.6 is 35.3 Å². The van der Waals surface area contributed by atoms with E-state index in [9.17, 15) is 0 Å². The lowest BCUT2D eigenvalue weighted by Gasteiger charge is -2.23. The van der Waals surface area contributed by atoms with Crippen molar-refractivity contribution in [3.63, 3.8) is 0 Å². The number of hydrogen-bond acceptors (Lipinski definition) is 4. The van der Waals surface area contributed by atoms with E-state index in [0.717, 1.165) is 57.1 Å². The van der Waals surface area contributed by atoms with E-state index in [0.29, 0.717) is 0 Å². The van der Waals surface area contributed by atoms with Crippen LogP contribution in [0.3, 0.4) is 0 Å². The second-order valence-corrected chi connectivity index (χ2v) is 7.12. The second-order valence-electron chi connectivity index (χ2n) is 6.18. The van der Waals surface area contributed by atoms with Crippen LogP contribution in [0.1, 0.15) is 30.5 Å². The summed E-state index contributed by atoms with van der Waals surface area (Å²) < 4.78 is 0. The first-order valence-electron chi connectivity index (χ1n) is 9.38. The maximum atomic E-state index is 4.50. The number of para-hydroxylation sites is 1. The van der Waals surface area contributed by atoms with E-state index >= 15 is 0 Å². The van der Waals surface area contributed by atoms with Crippen molar-refractivity contribution in [1.82, 2.24) is 15.6 Å². The van der Waals surface area contributed by atoms with Gasteiger partial charge in [-0.05, 0) is 38.8 Å². The number of guanidine groups is 1. The molecule has 0 radical (unpaired) electrons. The van der Waals surface area contributed by atoms with Crippen LogP contribution in [0.5, 0.6) is 0 Å². The highest BCUT2D eigenvalue weighted by Gasteiger charge is 2.04. The van der Waals surface area contributed by atoms with Gasteiger partial charge in [0.1, 0.15) is 0 Å². The van der Waals surface area contributed by atoms with Crippen molar-refractivity contribution in [3.05, 3.63) is 46.4 Å². The van der Waals surface area contributed by atoms with E-state index in [1.54, 1.807) is 11.3 Å². The van der Waals surface area contributed by atoms with Crippen LogP contribution in [0.4, 0.5) is 5.69 Å². The number of aryl methyl sites for hydroxylation is 2. The summed E-state index contributed by atoms with van der Waals surface area (Å²) in [4.78, 5) is 11.2. The molecule has 0 saturated carbocycles. The van der Waals surface area contributed by atoms with E-state index in [1.165, 1.54) is 10.7 Å². The number of rotatable bonds is 10. The third-order valence-corrected chi connectivity index (χ3v) is 5.18. The van der Waals surface area contributed by atoms with Crippen molar-refractivity contribution in [3.8, 4) is 0 Å². The molecule has 27 heavy (non-hydrogen) atoms. The van der Waals surface area contributed by atoms with Crippen LogP contribution in [0.2, 0.25) is 0 Å². The van der Waals surface area contributed by atoms with Crippen LogP contribution in [0.25, 0.3) is 0 Å². The lowest BCUT2D eigenvalue weighted by atomic mass is 10.2. The van der Waals surface area contributed by atoms with Gasteiger partial charge < -0.3 is 15.5 Å². The molecule has 0 aliphatic carbocycles. The van der Waals surface area contributed by atoms with Crippen molar-refractivity contribution in [1.29, 1.82) is 0 Å². The number of nitrogens with zero attached hydrogens (tertiary/aromatic N) is 3. The molecular weight excluding hydrogens is 469 g/mol. The molecule has 0 aliphatic heterocycles. The molecule has 1 aromatic heterocycles. The molecule has 150 valence electrons. The van der Waals surface area contributed by atoms with Crippen molar-refractivity contribution in [2.24, 2.45) is 4.99 Å². The van der Waals surface area contributed by atoms with Gasteiger partial charge in [-0.1, -0.05) is 18.2 Å². The summed E-state index contributed by atoms with van der Waals surface area (Å²) in [5.41, 5.74) is 2.40. The van der Waals surface area contributed by atoms with Gasteiger partial charge >= 0.3 is 0 Å². The molecule has 5 nitrogen and oxygen atoms in total. The number of benzene rings is 1. The Hall–Kier alpha value is -1.35. The summed E-state index contributed by atoms with van der Waals surface area (Å²) in [7, 11) is 1.82. The molecular formula is C20H32IN5S. The minimum atomic E-state index is 0. The van der Waals surface area contributed by atoms with Gasteiger partial charge in [0.05, 0.1) is 5.01 Å². The molecule has 0 bridgehead atoms. The molecule has 2 N–H and O–H groups in total. The molecule has 2 rings (SSSR count). The quantitative estimate of drug-likeness (QED) is 0.223. The molecule has 2 aromatic rings. The molecule has 0 fully saturated rings. The molecule has 0 spiro atoms. The Morgan fingerprint density at radius 2 is 1.85 bits per heavy atom. The van der Waals surface area contributed by atoms with E-state index in [2.05, 4.69) is 68.1 Å². The van der Waals surface area contributed by atoms with Gasteiger partial charge in [0, 0.05) is 56.4 Å². The summed E-state index contributed by atoms with van der Waals surface area (Å²) in [6, 6.07) is 10.6. The van der Waals surface area contributed by atoms with E-state index < -0.39 is 0 Å². The minimum absolute atomic E-state index is 0. The van der Waals surface area contributed by atoms with Crippen molar-refractivity contribution in [2.75, 3.05) is 38.1 Å². The average Bonchev–Trinajstić information content (AvgIpc) is 3.09.